The van der Waals surface area contributed by atoms with E-state index in [2.05, 4.69) is 0 Å². The third-order valence-electron chi connectivity index (χ3n) is 4.77. The van der Waals surface area contributed by atoms with Gasteiger partial charge >= 0.3 is 5.97 Å². The molecule has 1 saturated carbocycles. The van der Waals surface area contributed by atoms with Gasteiger partial charge in [-0.05, 0) is 31.2 Å². The number of hydrogen-bond acceptors (Lipinski definition) is 3. The van der Waals surface area contributed by atoms with E-state index >= 15 is 0 Å². The number of fused-ring (bicyclic) bond motifs is 1. The molecule has 0 amide bonds. The van der Waals surface area contributed by atoms with Gasteiger partial charge in [0.15, 0.2) is 0 Å². The molecule has 112 valence electrons. The van der Waals surface area contributed by atoms with Crippen molar-refractivity contribution >= 4 is 5.97 Å². The Kier molecular flexibility index (Phi) is 4.00. The fraction of sp³-hybridized carbons (Fsp3) is 0.500. The van der Waals surface area contributed by atoms with E-state index in [0.29, 0.717) is 5.57 Å². The molecular formula is C18H22O3. The first-order valence-corrected chi connectivity index (χ1v) is 7.91. The predicted molar refractivity (Wildman–Crippen MR) is 81.0 cm³/mol. The highest BCUT2D eigenvalue weighted by Gasteiger charge is 2.41. The van der Waals surface area contributed by atoms with Crippen LogP contribution in [0.3, 0.4) is 0 Å². The number of benzene rings is 1. The van der Waals surface area contributed by atoms with Crippen LogP contribution < -0.4 is 0 Å². The second kappa shape index (κ2) is 5.92. The fourth-order valence-corrected chi connectivity index (χ4v) is 3.67. The van der Waals surface area contributed by atoms with Crippen LogP contribution in [0.1, 0.15) is 50.5 Å². The molecule has 0 unspecified atom stereocenters. The maximum atomic E-state index is 12.4. The highest BCUT2D eigenvalue weighted by molar-refractivity contribution is 5.92. The zero-order valence-corrected chi connectivity index (χ0v) is 12.4. The summed E-state index contributed by atoms with van der Waals surface area (Å²) in [6.07, 6.45) is 4.61. The summed E-state index contributed by atoms with van der Waals surface area (Å²) in [7, 11) is 0. The zero-order chi connectivity index (χ0) is 14.8. The Hall–Kier alpha value is -1.77. The van der Waals surface area contributed by atoms with Crippen LogP contribution in [0.5, 0.6) is 0 Å². The van der Waals surface area contributed by atoms with Gasteiger partial charge in [-0.3, -0.25) is 0 Å². The SMILES string of the molecule is CC[C@H](C1=C(O)[C@@H]2CCCC[C@H]2OC1=O)c1ccccc1. The van der Waals surface area contributed by atoms with Crippen molar-refractivity contribution in [3.8, 4) is 0 Å². The van der Waals surface area contributed by atoms with E-state index in [1.54, 1.807) is 0 Å². The summed E-state index contributed by atoms with van der Waals surface area (Å²) in [6, 6.07) is 9.91. The molecular weight excluding hydrogens is 264 g/mol. The Morgan fingerprint density at radius 2 is 1.95 bits per heavy atom. The van der Waals surface area contributed by atoms with Gasteiger partial charge in [0.05, 0.1) is 11.5 Å². The quantitative estimate of drug-likeness (QED) is 0.851. The van der Waals surface area contributed by atoms with Crippen molar-refractivity contribution in [2.45, 2.75) is 51.0 Å². The average molecular weight is 286 g/mol. The molecule has 3 atom stereocenters. The van der Waals surface area contributed by atoms with Gasteiger partial charge in [0.1, 0.15) is 11.9 Å². The van der Waals surface area contributed by atoms with Crippen LogP contribution in [0, 0.1) is 5.92 Å². The van der Waals surface area contributed by atoms with Crippen molar-refractivity contribution < 1.29 is 14.6 Å². The normalized spacial score (nSPS) is 27.0. The average Bonchev–Trinajstić information content (AvgIpc) is 2.52. The molecule has 1 fully saturated rings. The third-order valence-corrected chi connectivity index (χ3v) is 4.77. The van der Waals surface area contributed by atoms with E-state index < -0.39 is 0 Å². The maximum absolute atomic E-state index is 12.4. The van der Waals surface area contributed by atoms with Gasteiger partial charge in [-0.2, -0.15) is 0 Å². The lowest BCUT2D eigenvalue weighted by Crippen LogP contribution is -2.38. The van der Waals surface area contributed by atoms with E-state index in [1.165, 1.54) is 0 Å². The first-order valence-electron chi connectivity index (χ1n) is 7.91. The first-order chi connectivity index (χ1) is 10.2. The summed E-state index contributed by atoms with van der Waals surface area (Å²) in [5.74, 6) is -0.121. The van der Waals surface area contributed by atoms with Gasteiger partial charge in [-0.1, -0.05) is 43.7 Å². The molecule has 0 aromatic heterocycles. The Morgan fingerprint density at radius 3 is 2.67 bits per heavy atom. The lowest BCUT2D eigenvalue weighted by molar-refractivity contribution is -0.152. The lowest BCUT2D eigenvalue weighted by Gasteiger charge is -2.37. The Balaban J connectivity index is 1.99. The van der Waals surface area contributed by atoms with E-state index in [9.17, 15) is 9.90 Å². The maximum Gasteiger partial charge on any atom is 0.338 e. The lowest BCUT2D eigenvalue weighted by atomic mass is 9.78. The summed E-state index contributed by atoms with van der Waals surface area (Å²) in [6.45, 7) is 2.04. The first kappa shape index (κ1) is 14.2. The van der Waals surface area contributed by atoms with Crippen molar-refractivity contribution in [2.75, 3.05) is 0 Å². The van der Waals surface area contributed by atoms with Crippen LogP contribution in [0.4, 0.5) is 0 Å². The molecule has 2 aliphatic rings. The van der Waals surface area contributed by atoms with Crippen LogP contribution in [0.2, 0.25) is 0 Å². The van der Waals surface area contributed by atoms with E-state index in [1.807, 2.05) is 37.3 Å². The smallest absolute Gasteiger partial charge is 0.338 e. The van der Waals surface area contributed by atoms with Crippen LogP contribution in [-0.2, 0) is 9.53 Å². The van der Waals surface area contributed by atoms with Crippen LogP contribution in [-0.4, -0.2) is 17.2 Å². The number of esters is 1. The Morgan fingerprint density at radius 1 is 1.24 bits per heavy atom. The molecule has 1 N–H and O–H groups in total. The number of hydrogen-bond donors (Lipinski definition) is 1. The number of aliphatic hydroxyl groups excluding tert-OH is 1. The number of carbonyl (C=O) groups excluding carboxylic acids is 1. The van der Waals surface area contributed by atoms with E-state index in [0.717, 1.165) is 37.7 Å². The van der Waals surface area contributed by atoms with E-state index in [-0.39, 0.29) is 29.7 Å². The molecule has 0 spiro atoms. The van der Waals surface area contributed by atoms with Gasteiger partial charge in [-0.25, -0.2) is 4.79 Å². The number of ether oxygens (including phenoxy) is 1. The minimum atomic E-state index is -0.327. The molecule has 3 nitrogen and oxygen atoms in total. The van der Waals surface area contributed by atoms with Gasteiger partial charge in [0.25, 0.3) is 0 Å². The third kappa shape index (κ3) is 2.57. The number of carbonyl (C=O) groups is 1. The molecule has 1 heterocycles. The molecule has 3 rings (SSSR count). The highest BCUT2D eigenvalue weighted by atomic mass is 16.5. The van der Waals surface area contributed by atoms with Gasteiger partial charge in [0, 0.05) is 5.92 Å². The molecule has 1 aromatic rings. The molecule has 0 radical (unpaired) electrons. The zero-order valence-electron chi connectivity index (χ0n) is 12.4. The molecule has 0 bridgehead atoms. The molecule has 3 heteroatoms. The summed E-state index contributed by atoms with van der Waals surface area (Å²) >= 11 is 0. The Bertz CT molecular complexity index is 547. The molecule has 1 aromatic carbocycles. The number of rotatable bonds is 3. The van der Waals surface area contributed by atoms with Crippen LogP contribution >= 0.6 is 0 Å². The van der Waals surface area contributed by atoms with Gasteiger partial charge in [-0.15, -0.1) is 0 Å². The topological polar surface area (TPSA) is 46.5 Å². The second-order valence-corrected chi connectivity index (χ2v) is 6.01. The van der Waals surface area contributed by atoms with Crippen molar-refractivity contribution in [3.63, 3.8) is 0 Å². The van der Waals surface area contributed by atoms with Crippen molar-refractivity contribution in [3.05, 3.63) is 47.2 Å². The largest absolute Gasteiger partial charge is 0.511 e. The molecule has 1 aliphatic carbocycles. The summed E-state index contributed by atoms with van der Waals surface area (Å²) < 4.78 is 5.62. The second-order valence-electron chi connectivity index (χ2n) is 6.01. The van der Waals surface area contributed by atoms with Crippen molar-refractivity contribution in [1.82, 2.24) is 0 Å². The molecule has 21 heavy (non-hydrogen) atoms. The van der Waals surface area contributed by atoms with Crippen LogP contribution in [0.15, 0.2) is 41.7 Å². The highest BCUT2D eigenvalue weighted by Crippen LogP contribution is 2.41. The Labute approximate surface area is 125 Å². The number of aliphatic hydroxyl groups is 1. The fourth-order valence-electron chi connectivity index (χ4n) is 3.67. The minimum Gasteiger partial charge on any atom is -0.511 e. The monoisotopic (exact) mass is 286 g/mol. The van der Waals surface area contributed by atoms with Crippen molar-refractivity contribution in [1.29, 1.82) is 0 Å². The summed E-state index contributed by atoms with van der Waals surface area (Å²) in [5, 5.41) is 10.7. The predicted octanol–water partition coefficient (Wildman–Crippen LogP) is 4.11. The molecule has 0 saturated heterocycles. The van der Waals surface area contributed by atoms with Gasteiger partial charge in [0.2, 0.25) is 0 Å². The molecule has 1 aliphatic heterocycles. The standard InChI is InChI=1S/C18H22O3/c1-2-13(12-8-4-3-5-9-12)16-17(19)14-10-6-7-11-15(14)21-18(16)20/h3-5,8-9,13-15,19H,2,6-7,10-11H2,1H3/t13-,14+,15+/m0/s1. The van der Waals surface area contributed by atoms with Gasteiger partial charge < -0.3 is 9.84 Å². The van der Waals surface area contributed by atoms with Crippen molar-refractivity contribution in [2.24, 2.45) is 5.92 Å². The summed E-state index contributed by atoms with van der Waals surface area (Å²) in [5.41, 5.74) is 1.54. The minimum absolute atomic E-state index is 0.00390. The summed E-state index contributed by atoms with van der Waals surface area (Å²) in [4.78, 5) is 12.4. The van der Waals surface area contributed by atoms with Crippen LogP contribution in [0.25, 0.3) is 0 Å². The van der Waals surface area contributed by atoms with E-state index in [4.69, 9.17) is 4.74 Å².